The zero-order chi connectivity index (χ0) is 17.8. The standard InChI is InChI=1S/C21H24FNOS/c1-21(2,3)13-6-9-15-17(10-13)25-20-19(15)16(11-18(24)23-20)12-4-7-14(22)8-5-12/h4-5,7-8,13,16H,6,9-11H2,1-3H3,(H,23,24)/t13-,16-/m0/s1. The SMILES string of the molecule is CC(C)(C)[C@H]1CCc2c(sc3c2[C@H](c2ccc(F)cc2)CC(=O)N3)C1. The summed E-state index contributed by atoms with van der Waals surface area (Å²) < 4.78 is 13.3. The van der Waals surface area contributed by atoms with Gasteiger partial charge in [0.1, 0.15) is 5.82 Å². The number of amides is 1. The van der Waals surface area contributed by atoms with Crippen LogP contribution in [-0.2, 0) is 17.6 Å². The highest BCUT2D eigenvalue weighted by Crippen LogP contribution is 2.50. The fraction of sp³-hybridized carbons (Fsp3) is 0.476. The second kappa shape index (κ2) is 5.94. The van der Waals surface area contributed by atoms with Gasteiger partial charge >= 0.3 is 0 Å². The van der Waals surface area contributed by atoms with Gasteiger partial charge in [-0.2, -0.15) is 0 Å². The van der Waals surface area contributed by atoms with Crippen LogP contribution in [0.15, 0.2) is 24.3 Å². The third-order valence-electron chi connectivity index (χ3n) is 5.79. The molecule has 2 heterocycles. The van der Waals surface area contributed by atoms with Crippen molar-refractivity contribution in [1.82, 2.24) is 0 Å². The van der Waals surface area contributed by atoms with Gasteiger partial charge in [0.2, 0.25) is 5.91 Å². The van der Waals surface area contributed by atoms with Crippen LogP contribution in [0.3, 0.4) is 0 Å². The first-order valence-electron chi connectivity index (χ1n) is 9.02. The minimum absolute atomic E-state index is 0.0514. The number of fused-ring (bicyclic) bond motifs is 3. The fourth-order valence-corrected chi connectivity index (χ4v) is 5.66. The molecule has 1 aromatic carbocycles. The third kappa shape index (κ3) is 3.01. The summed E-state index contributed by atoms with van der Waals surface area (Å²) in [6, 6.07) is 6.65. The summed E-state index contributed by atoms with van der Waals surface area (Å²) in [5.41, 5.74) is 4.08. The molecule has 0 radical (unpaired) electrons. The van der Waals surface area contributed by atoms with Gasteiger partial charge in [-0.3, -0.25) is 4.79 Å². The normalized spacial score (nSPS) is 23.0. The molecule has 0 fully saturated rings. The Kier molecular flexibility index (Phi) is 3.99. The maximum absolute atomic E-state index is 13.3. The molecular weight excluding hydrogens is 333 g/mol. The molecule has 1 aromatic heterocycles. The predicted molar refractivity (Wildman–Crippen MR) is 101 cm³/mol. The molecule has 2 aliphatic rings. The number of benzene rings is 1. The molecule has 4 heteroatoms. The van der Waals surface area contributed by atoms with Crippen molar-refractivity contribution >= 4 is 22.2 Å². The minimum atomic E-state index is -0.232. The maximum atomic E-state index is 13.3. The van der Waals surface area contributed by atoms with Crippen LogP contribution < -0.4 is 5.32 Å². The van der Waals surface area contributed by atoms with Crippen molar-refractivity contribution in [2.75, 3.05) is 5.32 Å². The van der Waals surface area contributed by atoms with Crippen LogP contribution >= 0.6 is 11.3 Å². The highest BCUT2D eigenvalue weighted by Gasteiger charge is 2.37. The topological polar surface area (TPSA) is 29.1 Å². The molecule has 0 bridgehead atoms. The van der Waals surface area contributed by atoms with E-state index in [-0.39, 0.29) is 17.6 Å². The number of carbonyl (C=O) groups excluding carboxylic acids is 1. The van der Waals surface area contributed by atoms with Gasteiger partial charge < -0.3 is 5.32 Å². The highest BCUT2D eigenvalue weighted by molar-refractivity contribution is 7.16. The number of nitrogens with one attached hydrogen (secondary N) is 1. The van der Waals surface area contributed by atoms with E-state index in [0.29, 0.717) is 17.8 Å². The van der Waals surface area contributed by atoms with Crippen LogP contribution in [0, 0.1) is 17.2 Å². The van der Waals surface area contributed by atoms with Gasteiger partial charge in [0, 0.05) is 17.2 Å². The van der Waals surface area contributed by atoms with E-state index in [1.54, 1.807) is 11.3 Å². The van der Waals surface area contributed by atoms with Crippen LogP contribution in [0.1, 0.15) is 61.1 Å². The molecule has 0 unspecified atom stereocenters. The maximum Gasteiger partial charge on any atom is 0.225 e. The lowest BCUT2D eigenvalue weighted by Crippen LogP contribution is -2.27. The van der Waals surface area contributed by atoms with E-state index in [9.17, 15) is 9.18 Å². The van der Waals surface area contributed by atoms with Crippen molar-refractivity contribution in [2.24, 2.45) is 11.3 Å². The molecule has 2 nitrogen and oxygen atoms in total. The zero-order valence-electron chi connectivity index (χ0n) is 15.0. The predicted octanol–water partition coefficient (Wildman–Crippen LogP) is 5.51. The molecule has 2 atom stereocenters. The first-order chi connectivity index (χ1) is 11.8. The van der Waals surface area contributed by atoms with Crippen LogP contribution in [0.4, 0.5) is 9.39 Å². The Morgan fingerprint density at radius 1 is 1.16 bits per heavy atom. The lowest BCUT2D eigenvalue weighted by atomic mass is 9.71. The Labute approximate surface area is 152 Å². The Morgan fingerprint density at radius 2 is 1.88 bits per heavy atom. The molecule has 1 amide bonds. The first-order valence-corrected chi connectivity index (χ1v) is 9.84. The summed E-state index contributed by atoms with van der Waals surface area (Å²) in [6.07, 6.45) is 3.83. The fourth-order valence-electron chi connectivity index (χ4n) is 4.26. The lowest BCUT2D eigenvalue weighted by Gasteiger charge is -2.34. The van der Waals surface area contributed by atoms with Gasteiger partial charge in [0.15, 0.2) is 0 Å². The number of hydrogen-bond acceptors (Lipinski definition) is 2. The van der Waals surface area contributed by atoms with Crippen molar-refractivity contribution in [3.63, 3.8) is 0 Å². The quantitative estimate of drug-likeness (QED) is 0.716. The van der Waals surface area contributed by atoms with Gasteiger partial charge in [0.05, 0.1) is 5.00 Å². The van der Waals surface area contributed by atoms with Crippen LogP contribution in [0.5, 0.6) is 0 Å². The molecular formula is C21H24FNOS. The van der Waals surface area contributed by atoms with Crippen LogP contribution in [-0.4, -0.2) is 5.91 Å². The molecule has 1 N–H and O–H groups in total. The number of thiophene rings is 1. The second-order valence-electron chi connectivity index (χ2n) is 8.41. The van der Waals surface area contributed by atoms with E-state index in [2.05, 4.69) is 26.1 Å². The molecule has 25 heavy (non-hydrogen) atoms. The summed E-state index contributed by atoms with van der Waals surface area (Å²) >= 11 is 1.76. The first kappa shape index (κ1) is 16.8. The van der Waals surface area contributed by atoms with Gasteiger partial charge in [-0.25, -0.2) is 4.39 Å². The van der Waals surface area contributed by atoms with Crippen molar-refractivity contribution in [3.05, 3.63) is 51.7 Å². The Morgan fingerprint density at radius 3 is 2.56 bits per heavy atom. The average Bonchev–Trinajstić information content (AvgIpc) is 2.91. The molecule has 2 aromatic rings. The lowest BCUT2D eigenvalue weighted by molar-refractivity contribution is -0.116. The van der Waals surface area contributed by atoms with E-state index < -0.39 is 0 Å². The molecule has 132 valence electrons. The number of anilines is 1. The Bertz CT molecular complexity index is 816. The van der Waals surface area contributed by atoms with Crippen LogP contribution in [0.25, 0.3) is 0 Å². The van der Waals surface area contributed by atoms with E-state index in [1.165, 1.54) is 34.6 Å². The van der Waals surface area contributed by atoms with Crippen molar-refractivity contribution in [1.29, 1.82) is 0 Å². The summed E-state index contributed by atoms with van der Waals surface area (Å²) in [5.74, 6) is 0.563. The van der Waals surface area contributed by atoms with E-state index >= 15 is 0 Å². The van der Waals surface area contributed by atoms with Crippen LogP contribution in [0.2, 0.25) is 0 Å². The average molecular weight is 357 g/mol. The molecule has 0 saturated carbocycles. The smallest absolute Gasteiger partial charge is 0.225 e. The van der Waals surface area contributed by atoms with Gasteiger partial charge in [-0.15, -0.1) is 11.3 Å². The second-order valence-corrected chi connectivity index (χ2v) is 9.51. The van der Waals surface area contributed by atoms with Gasteiger partial charge in [-0.05, 0) is 59.4 Å². The van der Waals surface area contributed by atoms with E-state index in [4.69, 9.17) is 0 Å². The molecule has 1 aliphatic carbocycles. The van der Waals surface area contributed by atoms with Gasteiger partial charge in [0.25, 0.3) is 0 Å². The van der Waals surface area contributed by atoms with Crippen molar-refractivity contribution < 1.29 is 9.18 Å². The van der Waals surface area contributed by atoms with Gasteiger partial charge in [-0.1, -0.05) is 32.9 Å². The minimum Gasteiger partial charge on any atom is -0.317 e. The molecule has 1 aliphatic heterocycles. The number of carbonyl (C=O) groups is 1. The highest BCUT2D eigenvalue weighted by atomic mass is 32.1. The number of rotatable bonds is 1. The summed E-state index contributed by atoms with van der Waals surface area (Å²) in [4.78, 5) is 13.7. The summed E-state index contributed by atoms with van der Waals surface area (Å²) in [6.45, 7) is 6.96. The van der Waals surface area contributed by atoms with E-state index in [0.717, 1.165) is 23.4 Å². The number of halogens is 1. The monoisotopic (exact) mass is 357 g/mol. The summed E-state index contributed by atoms with van der Waals surface area (Å²) in [5, 5.41) is 4.11. The molecule has 0 saturated heterocycles. The summed E-state index contributed by atoms with van der Waals surface area (Å²) in [7, 11) is 0. The third-order valence-corrected chi connectivity index (χ3v) is 6.98. The zero-order valence-corrected chi connectivity index (χ0v) is 15.8. The van der Waals surface area contributed by atoms with Crippen molar-refractivity contribution in [3.8, 4) is 0 Å². The molecule has 0 spiro atoms. The Hall–Kier alpha value is -1.68. The number of hydrogen-bond donors (Lipinski definition) is 1. The largest absolute Gasteiger partial charge is 0.317 e. The van der Waals surface area contributed by atoms with Crippen molar-refractivity contribution in [2.45, 2.75) is 52.4 Å². The van der Waals surface area contributed by atoms with E-state index in [1.807, 2.05) is 12.1 Å². The Balaban J connectivity index is 1.76. The molecule has 4 rings (SSSR count).